The fraction of sp³-hybridized carbons (Fsp3) is 0.100. The largest absolute Gasteiger partial charge is 0.497 e. The minimum Gasteiger partial charge on any atom is -0.497 e. The first-order valence-corrected chi connectivity index (χ1v) is 8.20. The van der Waals surface area contributed by atoms with Crippen molar-refractivity contribution in [2.45, 2.75) is 6.18 Å². The van der Waals surface area contributed by atoms with Gasteiger partial charge in [0.1, 0.15) is 11.6 Å². The lowest BCUT2D eigenvalue weighted by Crippen LogP contribution is -2.08. The average molecular weight is 386 g/mol. The van der Waals surface area contributed by atoms with Crippen LogP contribution in [0, 0.1) is 0 Å². The van der Waals surface area contributed by atoms with E-state index in [-0.39, 0.29) is 5.84 Å². The Labute approximate surface area is 159 Å². The maximum atomic E-state index is 12.9. The van der Waals surface area contributed by atoms with E-state index >= 15 is 0 Å². The summed E-state index contributed by atoms with van der Waals surface area (Å²) in [5, 5.41) is 1.50. The number of aliphatic imine (C=N–C) groups is 1. The number of rotatable bonds is 4. The molecule has 1 aromatic heterocycles. The Bertz CT molecular complexity index is 1060. The Balaban J connectivity index is 2.20. The molecule has 3 rings (SSSR count). The van der Waals surface area contributed by atoms with Crippen molar-refractivity contribution in [1.82, 2.24) is 4.98 Å². The van der Waals surface area contributed by atoms with E-state index in [1.807, 2.05) is 0 Å². The SMILES string of the molecule is COc1ccc2c(-c3ccc(C(F)(F)F)cc3)nc(N=C(N)/C=C\N)cc2c1. The molecule has 0 bridgehead atoms. The van der Waals surface area contributed by atoms with E-state index < -0.39 is 11.7 Å². The van der Waals surface area contributed by atoms with Gasteiger partial charge in [-0.05, 0) is 54.1 Å². The van der Waals surface area contributed by atoms with Gasteiger partial charge in [0.15, 0.2) is 5.82 Å². The van der Waals surface area contributed by atoms with Gasteiger partial charge in [-0.1, -0.05) is 12.1 Å². The number of methoxy groups -OCH3 is 1. The van der Waals surface area contributed by atoms with Crippen molar-refractivity contribution >= 4 is 22.4 Å². The van der Waals surface area contributed by atoms with Crippen LogP contribution in [0.15, 0.2) is 65.8 Å². The number of fused-ring (bicyclic) bond motifs is 1. The molecule has 5 nitrogen and oxygen atoms in total. The first kappa shape index (κ1) is 19.2. The molecule has 0 saturated carbocycles. The summed E-state index contributed by atoms with van der Waals surface area (Å²) in [6.07, 6.45) is -1.74. The summed E-state index contributed by atoms with van der Waals surface area (Å²) in [4.78, 5) is 8.67. The zero-order valence-corrected chi connectivity index (χ0v) is 14.9. The fourth-order valence-corrected chi connectivity index (χ4v) is 2.71. The molecule has 0 aliphatic carbocycles. The van der Waals surface area contributed by atoms with E-state index in [2.05, 4.69) is 9.98 Å². The Morgan fingerprint density at radius 3 is 2.43 bits per heavy atom. The molecule has 28 heavy (non-hydrogen) atoms. The van der Waals surface area contributed by atoms with Crippen LogP contribution in [-0.4, -0.2) is 17.9 Å². The highest BCUT2D eigenvalue weighted by molar-refractivity contribution is 5.98. The zero-order valence-electron chi connectivity index (χ0n) is 14.9. The molecule has 0 atom stereocenters. The van der Waals surface area contributed by atoms with Gasteiger partial charge in [0.05, 0.1) is 18.4 Å². The highest BCUT2D eigenvalue weighted by atomic mass is 19.4. The topological polar surface area (TPSA) is 86.5 Å². The van der Waals surface area contributed by atoms with Gasteiger partial charge >= 0.3 is 6.18 Å². The third-order valence-electron chi connectivity index (χ3n) is 4.02. The lowest BCUT2D eigenvalue weighted by atomic mass is 10.0. The molecular formula is C20H17F3N4O. The van der Waals surface area contributed by atoms with Crippen LogP contribution in [0.5, 0.6) is 5.75 Å². The maximum absolute atomic E-state index is 12.9. The highest BCUT2D eigenvalue weighted by Crippen LogP contribution is 2.35. The Kier molecular flexibility index (Phi) is 5.21. The lowest BCUT2D eigenvalue weighted by molar-refractivity contribution is -0.137. The van der Waals surface area contributed by atoms with Crippen LogP contribution in [0.25, 0.3) is 22.0 Å². The van der Waals surface area contributed by atoms with Crippen LogP contribution < -0.4 is 16.2 Å². The molecule has 0 amide bonds. The van der Waals surface area contributed by atoms with Crippen LogP contribution >= 0.6 is 0 Å². The Hall–Kier alpha value is -3.55. The summed E-state index contributed by atoms with van der Waals surface area (Å²) in [5.74, 6) is 1.07. The molecular weight excluding hydrogens is 369 g/mol. The summed E-state index contributed by atoms with van der Waals surface area (Å²) < 4.78 is 43.8. The van der Waals surface area contributed by atoms with E-state index in [1.54, 1.807) is 31.4 Å². The minimum atomic E-state index is -4.41. The first-order chi connectivity index (χ1) is 13.3. The number of nitrogens with zero attached hydrogens (tertiary/aromatic N) is 2. The summed E-state index contributed by atoms with van der Waals surface area (Å²) in [6, 6.07) is 11.9. The van der Waals surface area contributed by atoms with Crippen molar-refractivity contribution in [3.05, 3.63) is 66.4 Å². The van der Waals surface area contributed by atoms with Crippen molar-refractivity contribution in [3.8, 4) is 17.0 Å². The second-order valence-corrected chi connectivity index (χ2v) is 5.89. The minimum absolute atomic E-state index is 0.149. The predicted octanol–water partition coefficient (Wildman–Crippen LogP) is 4.39. The molecule has 0 spiro atoms. The maximum Gasteiger partial charge on any atom is 0.416 e. The standard InChI is InChI=1S/C20H17F3N4O/c1-28-15-6-7-16-13(10-15)11-18(26-17(25)8-9-24)27-19(16)12-2-4-14(5-3-12)20(21,22)23/h2-11H,24H2,1H3,(H2,25,26,27)/b9-8-. The number of amidine groups is 1. The molecule has 0 aliphatic heterocycles. The second-order valence-electron chi connectivity index (χ2n) is 5.89. The third-order valence-corrected chi connectivity index (χ3v) is 4.02. The molecule has 0 unspecified atom stereocenters. The summed E-state index contributed by atoms with van der Waals surface area (Å²) in [7, 11) is 1.54. The lowest BCUT2D eigenvalue weighted by Gasteiger charge is -2.11. The predicted molar refractivity (Wildman–Crippen MR) is 103 cm³/mol. The van der Waals surface area contributed by atoms with Crippen LogP contribution in [0.1, 0.15) is 5.56 Å². The van der Waals surface area contributed by atoms with Gasteiger partial charge in [-0.2, -0.15) is 13.2 Å². The van der Waals surface area contributed by atoms with Crippen LogP contribution in [-0.2, 0) is 6.18 Å². The molecule has 8 heteroatoms. The number of pyridine rings is 1. The Morgan fingerprint density at radius 2 is 1.82 bits per heavy atom. The van der Waals surface area contributed by atoms with Gasteiger partial charge in [0.2, 0.25) is 0 Å². The molecule has 3 aromatic rings. The number of aromatic nitrogens is 1. The molecule has 0 saturated heterocycles. The quantitative estimate of drug-likeness (QED) is 0.514. The monoisotopic (exact) mass is 386 g/mol. The summed E-state index contributed by atoms with van der Waals surface area (Å²) in [6.45, 7) is 0. The normalized spacial score (nSPS) is 12.6. The molecule has 0 radical (unpaired) electrons. The van der Waals surface area contributed by atoms with Crippen LogP contribution in [0.3, 0.4) is 0 Å². The van der Waals surface area contributed by atoms with Crippen LogP contribution in [0.2, 0.25) is 0 Å². The number of halogens is 3. The number of ether oxygens (including phenoxy) is 1. The number of hydrogen-bond acceptors (Lipinski definition) is 4. The van der Waals surface area contributed by atoms with E-state index in [0.717, 1.165) is 22.9 Å². The van der Waals surface area contributed by atoms with E-state index in [0.29, 0.717) is 22.8 Å². The van der Waals surface area contributed by atoms with E-state index in [4.69, 9.17) is 16.2 Å². The first-order valence-electron chi connectivity index (χ1n) is 8.20. The Morgan fingerprint density at radius 1 is 1.11 bits per heavy atom. The number of hydrogen-bond donors (Lipinski definition) is 2. The van der Waals surface area contributed by atoms with Crippen molar-refractivity contribution in [2.75, 3.05) is 7.11 Å². The highest BCUT2D eigenvalue weighted by Gasteiger charge is 2.30. The smallest absolute Gasteiger partial charge is 0.416 e. The van der Waals surface area contributed by atoms with Gasteiger partial charge in [-0.25, -0.2) is 9.98 Å². The molecule has 0 aliphatic rings. The second kappa shape index (κ2) is 7.59. The third kappa shape index (κ3) is 4.06. The fourth-order valence-electron chi connectivity index (χ4n) is 2.71. The molecule has 144 valence electrons. The van der Waals surface area contributed by atoms with Crippen molar-refractivity contribution in [3.63, 3.8) is 0 Å². The van der Waals surface area contributed by atoms with E-state index in [9.17, 15) is 13.2 Å². The molecule has 2 aromatic carbocycles. The van der Waals surface area contributed by atoms with Crippen LogP contribution in [0.4, 0.5) is 19.0 Å². The average Bonchev–Trinajstić information content (AvgIpc) is 2.66. The molecule has 4 N–H and O–H groups in total. The van der Waals surface area contributed by atoms with Gasteiger partial charge < -0.3 is 16.2 Å². The molecule has 1 heterocycles. The van der Waals surface area contributed by atoms with Crippen molar-refractivity contribution in [2.24, 2.45) is 16.5 Å². The van der Waals surface area contributed by atoms with Crippen molar-refractivity contribution < 1.29 is 17.9 Å². The zero-order chi connectivity index (χ0) is 20.3. The van der Waals surface area contributed by atoms with Crippen molar-refractivity contribution in [1.29, 1.82) is 0 Å². The summed E-state index contributed by atoms with van der Waals surface area (Å²) >= 11 is 0. The molecule has 0 fully saturated rings. The van der Waals surface area contributed by atoms with E-state index in [1.165, 1.54) is 24.4 Å². The van der Waals surface area contributed by atoms with Gasteiger partial charge in [-0.15, -0.1) is 0 Å². The number of nitrogens with two attached hydrogens (primary N) is 2. The summed E-state index contributed by atoms with van der Waals surface area (Å²) in [5.41, 5.74) is 11.4. The van der Waals surface area contributed by atoms with Gasteiger partial charge in [0.25, 0.3) is 0 Å². The van der Waals surface area contributed by atoms with Gasteiger partial charge in [0, 0.05) is 10.9 Å². The number of benzene rings is 2. The van der Waals surface area contributed by atoms with Gasteiger partial charge in [-0.3, -0.25) is 0 Å². The number of alkyl halides is 3.